The van der Waals surface area contributed by atoms with Crippen LogP contribution in [0.15, 0.2) is 28.8 Å². The molecule has 1 aromatic carbocycles. The molecule has 1 aliphatic heterocycles. The van der Waals surface area contributed by atoms with Gasteiger partial charge < -0.3 is 4.52 Å². The van der Waals surface area contributed by atoms with E-state index in [1.165, 1.54) is 18.7 Å². The third kappa shape index (κ3) is 3.60. The third-order valence-corrected chi connectivity index (χ3v) is 4.14. The fraction of sp³-hybridized carbons (Fsp3) is 0.444. The maximum absolute atomic E-state index is 13.7. The Morgan fingerprint density at radius 1 is 1.08 bits per heavy atom. The van der Waals surface area contributed by atoms with E-state index in [0.29, 0.717) is 36.3 Å². The van der Waals surface area contributed by atoms with Gasteiger partial charge in [0, 0.05) is 13.0 Å². The molecule has 2 heterocycles. The Kier molecular flexibility index (Phi) is 4.65. The SMILES string of the molecule is CC(C)(F)c1nc(CCCCCN2C(=O)c3ccccc3C2=O)no1. The number of carbonyl (C=O) groups excluding carboxylic acids is 2. The average Bonchev–Trinajstić information content (AvgIpc) is 3.14. The highest BCUT2D eigenvalue weighted by Crippen LogP contribution is 2.24. The summed E-state index contributed by atoms with van der Waals surface area (Å²) in [5.74, 6) is -0.00264. The molecule has 0 aliphatic carbocycles. The molecule has 0 atom stereocenters. The molecule has 2 amide bonds. The quantitative estimate of drug-likeness (QED) is 0.568. The van der Waals surface area contributed by atoms with Crippen molar-refractivity contribution in [2.75, 3.05) is 6.54 Å². The van der Waals surface area contributed by atoms with Crippen molar-refractivity contribution in [3.8, 4) is 0 Å². The van der Waals surface area contributed by atoms with Gasteiger partial charge in [0.1, 0.15) is 0 Å². The van der Waals surface area contributed by atoms with Crippen LogP contribution in [0.4, 0.5) is 4.39 Å². The molecule has 2 aromatic rings. The van der Waals surface area contributed by atoms with Gasteiger partial charge in [-0.15, -0.1) is 0 Å². The third-order valence-electron chi connectivity index (χ3n) is 4.14. The van der Waals surface area contributed by atoms with Crippen LogP contribution < -0.4 is 0 Å². The van der Waals surface area contributed by atoms with Crippen molar-refractivity contribution in [3.63, 3.8) is 0 Å². The second kappa shape index (κ2) is 6.74. The number of amides is 2. The summed E-state index contributed by atoms with van der Waals surface area (Å²) in [5.41, 5.74) is -0.696. The van der Waals surface area contributed by atoms with Crippen molar-refractivity contribution in [2.45, 2.75) is 45.2 Å². The monoisotopic (exact) mass is 345 g/mol. The Hall–Kier alpha value is -2.57. The second-order valence-corrected chi connectivity index (χ2v) is 6.61. The van der Waals surface area contributed by atoms with Gasteiger partial charge in [-0.3, -0.25) is 14.5 Å². The number of halogens is 1. The molecule has 0 radical (unpaired) electrons. The molecule has 0 bridgehead atoms. The molecular weight excluding hydrogens is 325 g/mol. The lowest BCUT2D eigenvalue weighted by Gasteiger charge is -2.13. The number of carbonyl (C=O) groups is 2. The topological polar surface area (TPSA) is 76.3 Å². The van der Waals surface area contributed by atoms with E-state index in [0.717, 1.165) is 12.8 Å². The Morgan fingerprint density at radius 3 is 2.28 bits per heavy atom. The van der Waals surface area contributed by atoms with Gasteiger partial charge >= 0.3 is 0 Å². The first kappa shape index (κ1) is 17.3. The second-order valence-electron chi connectivity index (χ2n) is 6.61. The standard InChI is InChI=1S/C18H20FN3O3/c1-18(2,19)17-20-14(21-25-17)10-4-3-7-11-22-15(23)12-8-5-6-9-13(12)16(22)24/h5-6,8-9H,3-4,7,10-11H2,1-2H3. The highest BCUT2D eigenvalue weighted by atomic mass is 19.1. The number of unbranched alkanes of at least 4 members (excludes halogenated alkanes) is 2. The zero-order valence-corrected chi connectivity index (χ0v) is 14.3. The molecule has 0 N–H and O–H groups in total. The van der Waals surface area contributed by atoms with Gasteiger partial charge in [-0.25, -0.2) is 4.39 Å². The number of rotatable bonds is 7. The summed E-state index contributed by atoms with van der Waals surface area (Å²) in [6, 6.07) is 6.86. The molecule has 0 spiro atoms. The van der Waals surface area contributed by atoms with Gasteiger partial charge in [0.05, 0.1) is 11.1 Å². The Bertz CT molecular complexity index is 760. The lowest BCUT2D eigenvalue weighted by Crippen LogP contribution is -2.30. The van der Waals surface area contributed by atoms with Gasteiger partial charge in [0.15, 0.2) is 11.5 Å². The van der Waals surface area contributed by atoms with Crippen LogP contribution in [0, 0.1) is 0 Å². The highest BCUT2D eigenvalue weighted by molar-refractivity contribution is 6.21. The number of hydrogen-bond acceptors (Lipinski definition) is 5. The first-order valence-electron chi connectivity index (χ1n) is 8.35. The zero-order chi connectivity index (χ0) is 18.0. The Labute approximate surface area is 145 Å². The number of aromatic nitrogens is 2. The maximum atomic E-state index is 13.7. The normalized spacial score (nSPS) is 14.3. The largest absolute Gasteiger partial charge is 0.336 e. The van der Waals surface area contributed by atoms with Crippen molar-refractivity contribution in [3.05, 3.63) is 47.1 Å². The number of benzene rings is 1. The van der Waals surface area contributed by atoms with E-state index in [1.807, 2.05) is 0 Å². The predicted octanol–water partition coefficient (Wildman–Crippen LogP) is 3.28. The first-order valence-corrected chi connectivity index (χ1v) is 8.35. The number of fused-ring (bicyclic) bond motifs is 1. The molecule has 1 aromatic heterocycles. The Balaban J connectivity index is 1.45. The van der Waals surface area contributed by atoms with Crippen LogP contribution in [0.2, 0.25) is 0 Å². The van der Waals surface area contributed by atoms with Crippen LogP contribution in [-0.2, 0) is 12.1 Å². The van der Waals surface area contributed by atoms with Crippen LogP contribution in [0.3, 0.4) is 0 Å². The molecule has 0 unspecified atom stereocenters. The fourth-order valence-electron chi connectivity index (χ4n) is 2.77. The lowest BCUT2D eigenvalue weighted by molar-refractivity contribution is 0.0651. The van der Waals surface area contributed by atoms with Crippen LogP contribution in [0.1, 0.15) is 65.5 Å². The average molecular weight is 345 g/mol. The van der Waals surface area contributed by atoms with E-state index in [-0.39, 0.29) is 17.7 Å². The summed E-state index contributed by atoms with van der Waals surface area (Å²) in [4.78, 5) is 29.8. The lowest BCUT2D eigenvalue weighted by atomic mass is 10.1. The summed E-state index contributed by atoms with van der Waals surface area (Å²) in [6.07, 6.45) is 2.84. The molecule has 0 saturated heterocycles. The van der Waals surface area contributed by atoms with Crippen molar-refractivity contribution >= 4 is 11.8 Å². The minimum atomic E-state index is -1.64. The van der Waals surface area contributed by atoms with E-state index in [9.17, 15) is 14.0 Å². The minimum Gasteiger partial charge on any atom is -0.336 e. The molecule has 7 heteroatoms. The van der Waals surface area contributed by atoms with E-state index in [2.05, 4.69) is 10.1 Å². The molecule has 1 aliphatic rings. The summed E-state index contributed by atoms with van der Waals surface area (Å²) in [6.45, 7) is 3.13. The molecule has 0 saturated carbocycles. The number of nitrogens with zero attached hydrogens (tertiary/aromatic N) is 3. The number of alkyl halides is 1. The summed E-state index contributed by atoms with van der Waals surface area (Å²) in [5, 5.41) is 3.76. The van der Waals surface area contributed by atoms with Gasteiger partial charge in [-0.1, -0.05) is 23.7 Å². The van der Waals surface area contributed by atoms with Crippen molar-refractivity contribution in [2.24, 2.45) is 0 Å². The van der Waals surface area contributed by atoms with Crippen LogP contribution >= 0.6 is 0 Å². The van der Waals surface area contributed by atoms with Gasteiger partial charge in [-0.2, -0.15) is 4.98 Å². The molecule has 132 valence electrons. The minimum absolute atomic E-state index is 0.0199. The number of hydrogen-bond donors (Lipinski definition) is 0. The highest BCUT2D eigenvalue weighted by Gasteiger charge is 2.34. The summed E-state index contributed by atoms with van der Waals surface area (Å²) >= 11 is 0. The van der Waals surface area contributed by atoms with Crippen LogP contribution in [0.5, 0.6) is 0 Å². The van der Waals surface area contributed by atoms with Gasteiger partial charge in [0.25, 0.3) is 17.7 Å². The smallest absolute Gasteiger partial charge is 0.263 e. The Morgan fingerprint density at radius 2 is 1.72 bits per heavy atom. The number of imide groups is 1. The molecule has 0 fully saturated rings. The summed E-state index contributed by atoms with van der Waals surface area (Å²) < 4.78 is 18.6. The van der Waals surface area contributed by atoms with E-state index >= 15 is 0 Å². The van der Waals surface area contributed by atoms with Gasteiger partial charge in [0.2, 0.25) is 0 Å². The zero-order valence-electron chi connectivity index (χ0n) is 14.3. The molecule has 6 nitrogen and oxygen atoms in total. The van der Waals surface area contributed by atoms with Crippen molar-refractivity contribution in [1.82, 2.24) is 15.0 Å². The number of aryl methyl sites for hydroxylation is 1. The molecule has 25 heavy (non-hydrogen) atoms. The molecule has 3 rings (SSSR count). The van der Waals surface area contributed by atoms with Crippen LogP contribution in [-0.4, -0.2) is 33.4 Å². The van der Waals surface area contributed by atoms with E-state index in [1.54, 1.807) is 24.3 Å². The summed E-state index contributed by atoms with van der Waals surface area (Å²) in [7, 11) is 0. The van der Waals surface area contributed by atoms with E-state index in [4.69, 9.17) is 4.52 Å². The first-order chi connectivity index (χ1) is 11.9. The fourth-order valence-corrected chi connectivity index (χ4v) is 2.77. The van der Waals surface area contributed by atoms with Crippen LogP contribution in [0.25, 0.3) is 0 Å². The van der Waals surface area contributed by atoms with Gasteiger partial charge in [-0.05, 0) is 38.8 Å². The maximum Gasteiger partial charge on any atom is 0.263 e. The van der Waals surface area contributed by atoms with Crippen molar-refractivity contribution < 1.29 is 18.5 Å². The predicted molar refractivity (Wildman–Crippen MR) is 87.8 cm³/mol. The molecular formula is C18H20FN3O3. The van der Waals surface area contributed by atoms with E-state index < -0.39 is 5.67 Å². The van der Waals surface area contributed by atoms with Crippen molar-refractivity contribution in [1.29, 1.82) is 0 Å².